The average molecular weight is 335 g/mol. The van der Waals surface area contributed by atoms with Crippen LogP contribution in [-0.2, 0) is 9.59 Å². The van der Waals surface area contributed by atoms with E-state index in [-0.39, 0.29) is 18.9 Å². The van der Waals surface area contributed by atoms with Gasteiger partial charge in [-0.15, -0.1) is 0 Å². The molecule has 1 aliphatic heterocycles. The number of amides is 2. The Balaban J connectivity index is 1.73. The van der Waals surface area contributed by atoms with E-state index >= 15 is 0 Å². The maximum absolute atomic E-state index is 13.6. The lowest BCUT2D eigenvalue weighted by atomic mass is 10.1. The molecule has 124 valence electrons. The van der Waals surface area contributed by atoms with Gasteiger partial charge in [0.2, 0.25) is 11.8 Å². The lowest BCUT2D eigenvalue weighted by Gasteiger charge is -2.16. The Bertz CT molecular complexity index is 799. The van der Waals surface area contributed by atoms with Crippen LogP contribution < -0.4 is 10.2 Å². The summed E-state index contributed by atoms with van der Waals surface area (Å²) in [5.41, 5.74) is 0.0861. The van der Waals surface area contributed by atoms with Crippen LogP contribution in [0.4, 0.5) is 24.5 Å². The average Bonchev–Trinajstić information content (AvgIpc) is 2.98. The molecular weight excluding hydrogens is 323 g/mol. The molecule has 1 atom stereocenters. The van der Waals surface area contributed by atoms with Crippen molar-refractivity contribution in [3.8, 4) is 0 Å². The summed E-state index contributed by atoms with van der Waals surface area (Å²) in [4.78, 5) is 29.6. The summed E-state index contributed by atoms with van der Waals surface area (Å²) in [6.45, 7) is 0.0989. The topological polar surface area (TPSA) is 62.3 Å². The van der Waals surface area contributed by atoms with Gasteiger partial charge in [0.1, 0.15) is 0 Å². The molecular formula is C16H12F3N3O2. The van der Waals surface area contributed by atoms with Crippen LogP contribution in [0.1, 0.15) is 6.42 Å². The standard InChI is InChI=1S/C16H12F3N3O2/c17-11-3-4-12(15(19)14(11)18)21-16(24)9-6-13(23)22(8-9)10-2-1-5-20-7-10/h1-5,7,9H,6,8H2,(H,21,24). The Hall–Kier alpha value is -2.90. The third kappa shape index (κ3) is 2.94. The first-order valence-corrected chi connectivity index (χ1v) is 7.12. The molecule has 1 fully saturated rings. The summed E-state index contributed by atoms with van der Waals surface area (Å²) in [7, 11) is 0. The number of nitrogens with zero attached hydrogens (tertiary/aromatic N) is 2. The van der Waals surface area contributed by atoms with Crippen molar-refractivity contribution in [2.24, 2.45) is 5.92 Å². The quantitative estimate of drug-likeness (QED) is 0.877. The molecule has 2 heterocycles. The van der Waals surface area contributed by atoms with Crippen molar-refractivity contribution in [2.75, 3.05) is 16.8 Å². The fourth-order valence-electron chi connectivity index (χ4n) is 2.50. The van der Waals surface area contributed by atoms with Crippen molar-refractivity contribution in [2.45, 2.75) is 6.42 Å². The first kappa shape index (κ1) is 16.0. The van der Waals surface area contributed by atoms with Gasteiger partial charge in [0.25, 0.3) is 0 Å². The van der Waals surface area contributed by atoms with Gasteiger partial charge in [-0.25, -0.2) is 13.2 Å². The lowest BCUT2D eigenvalue weighted by Crippen LogP contribution is -2.28. The second kappa shape index (κ2) is 6.31. The number of hydrogen-bond acceptors (Lipinski definition) is 3. The molecule has 1 saturated heterocycles. The highest BCUT2D eigenvalue weighted by atomic mass is 19.2. The molecule has 1 unspecified atom stereocenters. The van der Waals surface area contributed by atoms with Crippen LogP contribution in [0.5, 0.6) is 0 Å². The van der Waals surface area contributed by atoms with Gasteiger partial charge in [0.15, 0.2) is 17.5 Å². The minimum Gasteiger partial charge on any atom is -0.323 e. The number of carbonyl (C=O) groups is 2. The van der Waals surface area contributed by atoms with E-state index < -0.39 is 35.0 Å². The molecule has 0 radical (unpaired) electrons. The van der Waals surface area contributed by atoms with Crippen LogP contribution >= 0.6 is 0 Å². The van der Waals surface area contributed by atoms with E-state index in [1.807, 2.05) is 0 Å². The maximum atomic E-state index is 13.6. The predicted molar refractivity (Wildman–Crippen MR) is 79.6 cm³/mol. The van der Waals surface area contributed by atoms with E-state index in [1.165, 1.54) is 11.1 Å². The third-order valence-electron chi connectivity index (χ3n) is 3.75. The molecule has 0 aliphatic carbocycles. The van der Waals surface area contributed by atoms with Gasteiger partial charge in [-0.3, -0.25) is 14.6 Å². The number of carbonyl (C=O) groups excluding carboxylic acids is 2. The molecule has 0 spiro atoms. The molecule has 2 amide bonds. The number of aromatic nitrogens is 1. The SMILES string of the molecule is O=C(Nc1ccc(F)c(F)c1F)C1CC(=O)N(c2cccnc2)C1. The number of anilines is 2. The van der Waals surface area contributed by atoms with E-state index in [1.54, 1.807) is 18.3 Å². The first-order valence-electron chi connectivity index (χ1n) is 7.12. The van der Waals surface area contributed by atoms with Crippen LogP contribution in [0.15, 0.2) is 36.7 Å². The van der Waals surface area contributed by atoms with Crippen molar-refractivity contribution >= 4 is 23.2 Å². The molecule has 3 rings (SSSR count). The predicted octanol–water partition coefficient (Wildman–Crippen LogP) is 2.49. The van der Waals surface area contributed by atoms with Gasteiger partial charge in [-0.2, -0.15) is 0 Å². The van der Waals surface area contributed by atoms with Crippen molar-refractivity contribution < 1.29 is 22.8 Å². The zero-order valence-electron chi connectivity index (χ0n) is 12.3. The molecule has 5 nitrogen and oxygen atoms in total. The Kier molecular flexibility index (Phi) is 4.20. The van der Waals surface area contributed by atoms with Crippen molar-refractivity contribution in [1.82, 2.24) is 4.98 Å². The number of benzene rings is 1. The molecule has 0 bridgehead atoms. The van der Waals surface area contributed by atoms with Crippen LogP contribution in [-0.4, -0.2) is 23.3 Å². The van der Waals surface area contributed by atoms with Crippen LogP contribution in [0, 0.1) is 23.4 Å². The highest BCUT2D eigenvalue weighted by Crippen LogP contribution is 2.26. The largest absolute Gasteiger partial charge is 0.323 e. The molecule has 1 aromatic heterocycles. The Labute approximate surface area is 135 Å². The second-order valence-corrected chi connectivity index (χ2v) is 5.33. The monoisotopic (exact) mass is 335 g/mol. The molecule has 1 aliphatic rings. The molecule has 0 saturated carbocycles. The smallest absolute Gasteiger partial charge is 0.229 e. The summed E-state index contributed by atoms with van der Waals surface area (Å²) in [6.07, 6.45) is 2.99. The van der Waals surface area contributed by atoms with Gasteiger partial charge < -0.3 is 10.2 Å². The molecule has 1 N–H and O–H groups in total. The molecule has 1 aromatic carbocycles. The summed E-state index contributed by atoms with van der Waals surface area (Å²) in [5.74, 6) is -6.12. The number of nitrogens with one attached hydrogen (secondary N) is 1. The zero-order chi connectivity index (χ0) is 17.3. The summed E-state index contributed by atoms with van der Waals surface area (Å²) in [6, 6.07) is 4.99. The number of halogens is 3. The first-order chi connectivity index (χ1) is 11.5. The van der Waals surface area contributed by atoms with Crippen molar-refractivity contribution in [3.63, 3.8) is 0 Å². The number of hydrogen-bond donors (Lipinski definition) is 1. The minimum atomic E-state index is -1.66. The second-order valence-electron chi connectivity index (χ2n) is 5.33. The number of rotatable bonds is 3. The third-order valence-corrected chi connectivity index (χ3v) is 3.75. The van der Waals surface area contributed by atoms with Gasteiger partial charge in [0, 0.05) is 19.2 Å². The Morgan fingerprint density at radius 2 is 2.00 bits per heavy atom. The van der Waals surface area contributed by atoms with Crippen molar-refractivity contribution in [3.05, 3.63) is 54.1 Å². The van der Waals surface area contributed by atoms with Gasteiger partial charge in [0.05, 0.1) is 23.5 Å². The highest BCUT2D eigenvalue weighted by molar-refractivity contribution is 6.03. The fraction of sp³-hybridized carbons (Fsp3) is 0.188. The number of pyridine rings is 1. The van der Waals surface area contributed by atoms with Gasteiger partial charge >= 0.3 is 0 Å². The van der Waals surface area contributed by atoms with E-state index in [0.717, 1.165) is 12.1 Å². The van der Waals surface area contributed by atoms with Gasteiger partial charge in [-0.05, 0) is 24.3 Å². The zero-order valence-corrected chi connectivity index (χ0v) is 12.3. The van der Waals surface area contributed by atoms with E-state index in [9.17, 15) is 22.8 Å². The normalized spacial score (nSPS) is 17.2. The Morgan fingerprint density at radius 3 is 2.71 bits per heavy atom. The summed E-state index contributed by atoms with van der Waals surface area (Å²) >= 11 is 0. The Morgan fingerprint density at radius 1 is 1.21 bits per heavy atom. The summed E-state index contributed by atoms with van der Waals surface area (Å²) in [5, 5.41) is 2.20. The highest BCUT2D eigenvalue weighted by Gasteiger charge is 2.35. The van der Waals surface area contributed by atoms with Gasteiger partial charge in [-0.1, -0.05) is 0 Å². The van der Waals surface area contributed by atoms with E-state index in [0.29, 0.717) is 5.69 Å². The lowest BCUT2D eigenvalue weighted by molar-refractivity contribution is -0.122. The van der Waals surface area contributed by atoms with Crippen LogP contribution in [0.25, 0.3) is 0 Å². The maximum Gasteiger partial charge on any atom is 0.229 e. The molecule has 8 heteroatoms. The molecule has 24 heavy (non-hydrogen) atoms. The molecule has 2 aromatic rings. The van der Waals surface area contributed by atoms with Crippen LogP contribution in [0.3, 0.4) is 0 Å². The van der Waals surface area contributed by atoms with Crippen molar-refractivity contribution in [1.29, 1.82) is 0 Å². The van der Waals surface area contributed by atoms with E-state index in [4.69, 9.17) is 0 Å². The van der Waals surface area contributed by atoms with E-state index in [2.05, 4.69) is 10.3 Å². The minimum absolute atomic E-state index is 0.0635. The van der Waals surface area contributed by atoms with Crippen LogP contribution in [0.2, 0.25) is 0 Å². The fourth-order valence-corrected chi connectivity index (χ4v) is 2.50. The summed E-state index contributed by atoms with van der Waals surface area (Å²) < 4.78 is 39.7.